The quantitative estimate of drug-likeness (QED) is 0.510. The minimum Gasteiger partial charge on any atom is -0.462 e. The van der Waals surface area contributed by atoms with Gasteiger partial charge in [-0.1, -0.05) is 44.0 Å². The molecule has 26 heavy (non-hydrogen) atoms. The summed E-state index contributed by atoms with van der Waals surface area (Å²) in [6, 6.07) is 15.1. The van der Waals surface area contributed by atoms with Gasteiger partial charge in [0.05, 0.1) is 18.8 Å². The Morgan fingerprint density at radius 1 is 1.00 bits per heavy atom. The SMILES string of the molecule is CCOC(=O)c1cn(Cc2ccc(Br)cc2)n(-c2ccc(Br)cc2)c1=O. The second-order valence-corrected chi connectivity index (χ2v) is 7.41. The Morgan fingerprint density at radius 3 is 2.15 bits per heavy atom. The number of esters is 1. The molecule has 0 bridgehead atoms. The number of carbonyl (C=O) groups is 1. The molecular formula is C19H16Br2N2O3. The third-order valence-corrected chi connectivity index (χ3v) is 4.84. The average molecular weight is 480 g/mol. The van der Waals surface area contributed by atoms with Crippen LogP contribution in [0.2, 0.25) is 0 Å². The van der Waals surface area contributed by atoms with E-state index >= 15 is 0 Å². The van der Waals surface area contributed by atoms with Gasteiger partial charge in [0.1, 0.15) is 5.56 Å². The summed E-state index contributed by atoms with van der Waals surface area (Å²) in [5, 5.41) is 0. The van der Waals surface area contributed by atoms with Gasteiger partial charge in [0.25, 0.3) is 5.56 Å². The molecule has 134 valence electrons. The molecule has 0 radical (unpaired) electrons. The Kier molecular flexibility index (Phi) is 5.78. The highest BCUT2D eigenvalue weighted by molar-refractivity contribution is 9.10. The van der Waals surface area contributed by atoms with E-state index < -0.39 is 11.5 Å². The normalized spacial score (nSPS) is 10.7. The van der Waals surface area contributed by atoms with E-state index in [0.717, 1.165) is 14.5 Å². The summed E-state index contributed by atoms with van der Waals surface area (Å²) >= 11 is 6.81. The zero-order valence-corrected chi connectivity index (χ0v) is 17.2. The summed E-state index contributed by atoms with van der Waals surface area (Å²) in [5.41, 5.74) is 1.30. The summed E-state index contributed by atoms with van der Waals surface area (Å²) in [6.07, 6.45) is 1.55. The van der Waals surface area contributed by atoms with Crippen LogP contribution >= 0.6 is 31.9 Å². The number of hydrogen-bond acceptors (Lipinski definition) is 3. The molecule has 0 saturated heterocycles. The van der Waals surface area contributed by atoms with Gasteiger partial charge in [0.2, 0.25) is 0 Å². The number of carbonyl (C=O) groups excluding carboxylic acids is 1. The van der Waals surface area contributed by atoms with E-state index in [9.17, 15) is 9.59 Å². The molecule has 0 aliphatic rings. The van der Waals surface area contributed by atoms with Crippen LogP contribution in [0, 0.1) is 0 Å². The van der Waals surface area contributed by atoms with E-state index in [1.807, 2.05) is 48.5 Å². The maximum atomic E-state index is 12.9. The van der Waals surface area contributed by atoms with Crippen LogP contribution in [0.5, 0.6) is 0 Å². The van der Waals surface area contributed by atoms with Crippen LogP contribution in [-0.2, 0) is 11.3 Å². The van der Waals surface area contributed by atoms with Crippen molar-refractivity contribution < 1.29 is 9.53 Å². The molecular weight excluding hydrogens is 464 g/mol. The van der Waals surface area contributed by atoms with Crippen molar-refractivity contribution in [1.82, 2.24) is 9.36 Å². The van der Waals surface area contributed by atoms with E-state index in [2.05, 4.69) is 31.9 Å². The lowest BCUT2D eigenvalue weighted by atomic mass is 10.2. The standard InChI is InChI=1S/C19H16Br2N2O3/c1-2-26-19(25)17-12-22(11-13-3-5-14(20)6-4-13)23(18(17)24)16-9-7-15(21)8-10-16/h3-10,12H,2,11H2,1H3. The van der Waals surface area contributed by atoms with E-state index in [-0.39, 0.29) is 12.2 Å². The first-order valence-corrected chi connectivity index (χ1v) is 9.58. The molecule has 0 aliphatic carbocycles. The van der Waals surface area contributed by atoms with Crippen molar-refractivity contribution in [2.24, 2.45) is 0 Å². The van der Waals surface area contributed by atoms with Crippen LogP contribution in [0.3, 0.4) is 0 Å². The fourth-order valence-electron chi connectivity index (χ4n) is 2.58. The van der Waals surface area contributed by atoms with Gasteiger partial charge in [0.15, 0.2) is 0 Å². The predicted molar refractivity (Wildman–Crippen MR) is 107 cm³/mol. The van der Waals surface area contributed by atoms with Gasteiger partial charge < -0.3 is 4.74 Å². The van der Waals surface area contributed by atoms with Crippen molar-refractivity contribution >= 4 is 37.8 Å². The van der Waals surface area contributed by atoms with Gasteiger partial charge in [-0.25, -0.2) is 9.48 Å². The van der Waals surface area contributed by atoms with E-state index in [1.165, 1.54) is 4.68 Å². The lowest BCUT2D eigenvalue weighted by molar-refractivity contribution is 0.0524. The summed E-state index contributed by atoms with van der Waals surface area (Å²) in [5.74, 6) is -0.613. The van der Waals surface area contributed by atoms with Crippen molar-refractivity contribution in [3.63, 3.8) is 0 Å². The van der Waals surface area contributed by atoms with Crippen molar-refractivity contribution in [3.8, 4) is 5.69 Å². The molecule has 0 unspecified atom stereocenters. The number of halogens is 2. The highest BCUT2D eigenvalue weighted by Gasteiger charge is 2.20. The monoisotopic (exact) mass is 478 g/mol. The second kappa shape index (κ2) is 8.05. The number of rotatable bonds is 5. The molecule has 2 aromatic carbocycles. The van der Waals surface area contributed by atoms with Crippen molar-refractivity contribution in [3.05, 3.63) is 85.2 Å². The topological polar surface area (TPSA) is 53.2 Å². The lowest BCUT2D eigenvalue weighted by Crippen LogP contribution is -2.24. The predicted octanol–water partition coefficient (Wildman–Crippen LogP) is 4.39. The van der Waals surface area contributed by atoms with Gasteiger partial charge in [-0.3, -0.25) is 9.48 Å². The zero-order valence-electron chi connectivity index (χ0n) is 14.0. The van der Waals surface area contributed by atoms with Gasteiger partial charge in [-0.05, 0) is 48.9 Å². The minimum absolute atomic E-state index is 0.0203. The maximum Gasteiger partial charge on any atom is 0.345 e. The highest BCUT2D eigenvalue weighted by Crippen LogP contribution is 2.16. The Labute approximate surface area is 167 Å². The van der Waals surface area contributed by atoms with Crippen molar-refractivity contribution in [1.29, 1.82) is 0 Å². The Bertz CT molecular complexity index is 974. The summed E-state index contributed by atoms with van der Waals surface area (Å²) in [4.78, 5) is 25.0. The molecule has 0 spiro atoms. The third-order valence-electron chi connectivity index (χ3n) is 3.78. The fraction of sp³-hybridized carbons (Fsp3) is 0.158. The summed E-state index contributed by atoms with van der Waals surface area (Å²) < 4.78 is 10.1. The number of aromatic nitrogens is 2. The molecule has 0 N–H and O–H groups in total. The molecule has 7 heteroatoms. The van der Waals surface area contributed by atoms with E-state index in [1.54, 1.807) is 17.8 Å². The van der Waals surface area contributed by atoms with E-state index in [0.29, 0.717) is 12.2 Å². The van der Waals surface area contributed by atoms with Crippen LogP contribution < -0.4 is 5.56 Å². The first-order chi connectivity index (χ1) is 12.5. The van der Waals surface area contributed by atoms with Crippen molar-refractivity contribution in [2.75, 3.05) is 6.61 Å². The van der Waals surface area contributed by atoms with Crippen LogP contribution in [0.4, 0.5) is 0 Å². The Hall–Kier alpha value is -2.12. The van der Waals surface area contributed by atoms with Gasteiger partial charge in [-0.15, -0.1) is 0 Å². The summed E-state index contributed by atoms with van der Waals surface area (Å²) in [6.45, 7) is 2.37. The molecule has 1 aromatic heterocycles. The molecule has 0 saturated carbocycles. The Morgan fingerprint density at radius 2 is 1.58 bits per heavy atom. The van der Waals surface area contributed by atoms with Crippen molar-refractivity contribution in [2.45, 2.75) is 13.5 Å². The van der Waals surface area contributed by atoms with Gasteiger partial charge in [0, 0.05) is 15.1 Å². The molecule has 0 amide bonds. The molecule has 0 fully saturated rings. The molecule has 0 atom stereocenters. The first kappa shape index (κ1) is 18.7. The average Bonchev–Trinajstić information content (AvgIpc) is 2.94. The van der Waals surface area contributed by atoms with Gasteiger partial charge >= 0.3 is 5.97 Å². The highest BCUT2D eigenvalue weighted by atomic mass is 79.9. The van der Waals surface area contributed by atoms with Crippen LogP contribution in [0.1, 0.15) is 22.8 Å². The lowest BCUT2D eigenvalue weighted by Gasteiger charge is -2.12. The third kappa shape index (κ3) is 3.99. The number of benzene rings is 2. The largest absolute Gasteiger partial charge is 0.462 e. The fourth-order valence-corrected chi connectivity index (χ4v) is 3.11. The maximum absolute atomic E-state index is 12.9. The second-order valence-electron chi connectivity index (χ2n) is 5.58. The molecule has 1 heterocycles. The molecule has 5 nitrogen and oxygen atoms in total. The number of nitrogens with zero attached hydrogens (tertiary/aromatic N) is 2. The van der Waals surface area contributed by atoms with Crippen LogP contribution in [-0.4, -0.2) is 21.9 Å². The van der Waals surface area contributed by atoms with Crippen LogP contribution in [0.25, 0.3) is 5.69 Å². The summed E-state index contributed by atoms with van der Waals surface area (Å²) in [7, 11) is 0. The molecule has 0 aliphatic heterocycles. The molecule has 3 rings (SSSR count). The van der Waals surface area contributed by atoms with Gasteiger partial charge in [-0.2, -0.15) is 0 Å². The number of ether oxygens (including phenoxy) is 1. The first-order valence-electron chi connectivity index (χ1n) is 7.99. The van der Waals surface area contributed by atoms with E-state index in [4.69, 9.17) is 4.74 Å². The van der Waals surface area contributed by atoms with Crippen LogP contribution in [0.15, 0.2) is 68.5 Å². The zero-order chi connectivity index (χ0) is 18.7. The Balaban J connectivity index is 2.09. The molecule has 3 aromatic rings. The number of hydrogen-bond donors (Lipinski definition) is 0. The minimum atomic E-state index is -0.613. The smallest absolute Gasteiger partial charge is 0.345 e.